The lowest BCUT2D eigenvalue weighted by Crippen LogP contribution is -2.29. The Kier molecular flexibility index (Phi) is 4.08. The molecule has 0 bridgehead atoms. The number of rotatable bonds is 5. The number of hydrogen-bond acceptors (Lipinski definition) is 7. The lowest BCUT2D eigenvalue weighted by atomic mass is 10.1. The van der Waals surface area contributed by atoms with E-state index < -0.39 is 0 Å². The Morgan fingerprint density at radius 3 is 2.78 bits per heavy atom. The smallest absolute Gasteiger partial charge is 0.240 e. The first kappa shape index (κ1) is 12.7. The molecule has 18 heavy (non-hydrogen) atoms. The summed E-state index contributed by atoms with van der Waals surface area (Å²) < 4.78 is 10.2. The molecule has 0 radical (unpaired) electrons. The third-order valence-corrected chi connectivity index (χ3v) is 3.17. The van der Waals surface area contributed by atoms with Crippen molar-refractivity contribution in [3.8, 4) is 11.8 Å². The maximum Gasteiger partial charge on any atom is 0.240 e. The Bertz CT molecular complexity index is 504. The van der Waals surface area contributed by atoms with Crippen LogP contribution in [0.5, 0.6) is 11.8 Å². The van der Waals surface area contributed by atoms with Crippen LogP contribution in [0.15, 0.2) is 23.0 Å². The molecule has 0 spiro atoms. The van der Waals surface area contributed by atoms with Gasteiger partial charge in [0.15, 0.2) is 0 Å². The SMILES string of the molecule is COc1cnc(C(NN)c2ccsc2)c(OC)n1. The van der Waals surface area contributed by atoms with Gasteiger partial charge < -0.3 is 9.47 Å². The maximum absolute atomic E-state index is 5.59. The van der Waals surface area contributed by atoms with Crippen LogP contribution in [-0.4, -0.2) is 24.2 Å². The highest BCUT2D eigenvalue weighted by molar-refractivity contribution is 7.08. The van der Waals surface area contributed by atoms with Crippen LogP contribution in [0.3, 0.4) is 0 Å². The van der Waals surface area contributed by atoms with Crippen molar-refractivity contribution in [3.05, 3.63) is 34.3 Å². The van der Waals surface area contributed by atoms with Crippen molar-refractivity contribution in [1.82, 2.24) is 15.4 Å². The van der Waals surface area contributed by atoms with E-state index in [4.69, 9.17) is 15.3 Å². The molecule has 0 saturated carbocycles. The Balaban J connectivity index is 2.42. The third kappa shape index (κ3) is 2.42. The average molecular weight is 266 g/mol. The molecule has 7 heteroatoms. The van der Waals surface area contributed by atoms with Crippen LogP contribution in [0, 0.1) is 0 Å². The molecule has 1 atom stereocenters. The van der Waals surface area contributed by atoms with E-state index in [-0.39, 0.29) is 6.04 Å². The van der Waals surface area contributed by atoms with Crippen molar-refractivity contribution in [3.63, 3.8) is 0 Å². The summed E-state index contributed by atoms with van der Waals surface area (Å²) in [5.74, 6) is 6.38. The van der Waals surface area contributed by atoms with Crippen molar-refractivity contribution in [2.75, 3.05) is 14.2 Å². The zero-order valence-corrected chi connectivity index (χ0v) is 10.9. The minimum absolute atomic E-state index is 0.260. The fraction of sp³-hybridized carbons (Fsp3) is 0.273. The number of thiophene rings is 1. The van der Waals surface area contributed by atoms with Gasteiger partial charge in [-0.15, -0.1) is 0 Å². The molecule has 0 aliphatic heterocycles. The molecule has 0 aliphatic rings. The van der Waals surface area contributed by atoms with E-state index in [2.05, 4.69) is 15.4 Å². The van der Waals surface area contributed by atoms with E-state index in [0.717, 1.165) is 5.56 Å². The van der Waals surface area contributed by atoms with Gasteiger partial charge in [-0.25, -0.2) is 10.4 Å². The number of methoxy groups -OCH3 is 2. The maximum atomic E-state index is 5.59. The number of ether oxygens (including phenoxy) is 2. The van der Waals surface area contributed by atoms with Crippen LogP contribution in [-0.2, 0) is 0 Å². The molecule has 0 fully saturated rings. The number of aromatic nitrogens is 2. The number of hydrazine groups is 1. The average Bonchev–Trinajstić information content (AvgIpc) is 2.94. The number of nitrogens with two attached hydrogens (primary N) is 1. The summed E-state index contributed by atoms with van der Waals surface area (Å²) in [6.45, 7) is 0. The van der Waals surface area contributed by atoms with Gasteiger partial charge in [0.1, 0.15) is 5.69 Å². The van der Waals surface area contributed by atoms with E-state index in [1.807, 2.05) is 16.8 Å². The fourth-order valence-electron chi connectivity index (χ4n) is 1.59. The molecule has 2 heterocycles. The molecule has 96 valence electrons. The van der Waals surface area contributed by atoms with Gasteiger partial charge >= 0.3 is 0 Å². The van der Waals surface area contributed by atoms with Crippen LogP contribution >= 0.6 is 11.3 Å². The normalized spacial score (nSPS) is 12.2. The highest BCUT2D eigenvalue weighted by Crippen LogP contribution is 2.28. The van der Waals surface area contributed by atoms with Gasteiger partial charge in [0.25, 0.3) is 0 Å². The van der Waals surface area contributed by atoms with E-state index in [1.165, 1.54) is 20.4 Å². The second-order valence-electron chi connectivity index (χ2n) is 3.46. The van der Waals surface area contributed by atoms with Gasteiger partial charge in [-0.1, -0.05) is 0 Å². The van der Waals surface area contributed by atoms with E-state index in [0.29, 0.717) is 17.5 Å². The van der Waals surface area contributed by atoms with Gasteiger partial charge in [0, 0.05) is 0 Å². The second-order valence-corrected chi connectivity index (χ2v) is 4.24. The zero-order chi connectivity index (χ0) is 13.0. The summed E-state index contributed by atoms with van der Waals surface area (Å²) in [7, 11) is 3.06. The predicted octanol–water partition coefficient (Wildman–Crippen LogP) is 1.11. The summed E-state index contributed by atoms with van der Waals surface area (Å²) in [4.78, 5) is 8.49. The largest absolute Gasteiger partial charge is 0.480 e. The molecule has 2 aromatic heterocycles. The monoisotopic (exact) mass is 266 g/mol. The highest BCUT2D eigenvalue weighted by Gasteiger charge is 2.20. The van der Waals surface area contributed by atoms with Crippen LogP contribution in [0.1, 0.15) is 17.3 Å². The third-order valence-electron chi connectivity index (χ3n) is 2.46. The summed E-state index contributed by atoms with van der Waals surface area (Å²) in [6.07, 6.45) is 1.54. The van der Waals surface area contributed by atoms with Crippen molar-refractivity contribution in [2.45, 2.75) is 6.04 Å². The summed E-state index contributed by atoms with van der Waals surface area (Å²) in [5, 5.41) is 3.97. The standard InChI is InChI=1S/C11H14N4O2S/c1-16-8-5-13-10(11(14-8)17-2)9(15-12)7-3-4-18-6-7/h3-6,9,15H,12H2,1-2H3. The molecular formula is C11H14N4O2S. The topological polar surface area (TPSA) is 82.3 Å². The van der Waals surface area contributed by atoms with Gasteiger partial charge in [-0.05, 0) is 22.4 Å². The van der Waals surface area contributed by atoms with Gasteiger partial charge in [-0.3, -0.25) is 5.84 Å². The quantitative estimate of drug-likeness (QED) is 0.623. The molecule has 1 unspecified atom stereocenters. The van der Waals surface area contributed by atoms with Gasteiger partial charge in [0.05, 0.1) is 26.5 Å². The summed E-state index contributed by atoms with van der Waals surface area (Å²) >= 11 is 1.59. The van der Waals surface area contributed by atoms with Gasteiger partial charge in [0.2, 0.25) is 11.8 Å². The molecule has 0 aliphatic carbocycles. The lowest BCUT2D eigenvalue weighted by molar-refractivity contribution is 0.352. The van der Waals surface area contributed by atoms with Crippen LogP contribution < -0.4 is 20.7 Å². The Hall–Kier alpha value is -1.70. The van der Waals surface area contributed by atoms with Crippen molar-refractivity contribution in [2.24, 2.45) is 5.84 Å². The Morgan fingerprint density at radius 2 is 2.22 bits per heavy atom. The highest BCUT2D eigenvalue weighted by atomic mass is 32.1. The van der Waals surface area contributed by atoms with E-state index >= 15 is 0 Å². The molecule has 3 N–H and O–H groups in total. The zero-order valence-electron chi connectivity index (χ0n) is 10.1. The molecule has 2 rings (SSSR count). The minimum Gasteiger partial charge on any atom is -0.480 e. The predicted molar refractivity (Wildman–Crippen MR) is 68.6 cm³/mol. The Morgan fingerprint density at radius 1 is 1.39 bits per heavy atom. The summed E-state index contributed by atoms with van der Waals surface area (Å²) in [5.41, 5.74) is 4.35. The molecule has 0 saturated heterocycles. The van der Waals surface area contributed by atoms with Crippen molar-refractivity contribution in [1.29, 1.82) is 0 Å². The fourth-order valence-corrected chi connectivity index (χ4v) is 2.27. The minimum atomic E-state index is -0.260. The number of nitrogens with one attached hydrogen (secondary N) is 1. The first-order valence-electron chi connectivity index (χ1n) is 5.23. The van der Waals surface area contributed by atoms with Crippen LogP contribution in [0.2, 0.25) is 0 Å². The molecule has 0 amide bonds. The van der Waals surface area contributed by atoms with Gasteiger partial charge in [-0.2, -0.15) is 16.3 Å². The number of nitrogens with zero attached hydrogens (tertiary/aromatic N) is 2. The summed E-state index contributed by atoms with van der Waals surface area (Å²) in [6, 6.07) is 1.71. The first-order valence-corrected chi connectivity index (χ1v) is 6.17. The van der Waals surface area contributed by atoms with E-state index in [1.54, 1.807) is 11.3 Å². The molecular weight excluding hydrogens is 252 g/mol. The number of hydrogen-bond donors (Lipinski definition) is 2. The van der Waals surface area contributed by atoms with E-state index in [9.17, 15) is 0 Å². The van der Waals surface area contributed by atoms with Crippen LogP contribution in [0.4, 0.5) is 0 Å². The molecule has 0 aromatic carbocycles. The molecule has 2 aromatic rings. The Labute approximate surface area is 109 Å². The van der Waals surface area contributed by atoms with Crippen LogP contribution in [0.25, 0.3) is 0 Å². The first-order chi connectivity index (χ1) is 8.80. The second kappa shape index (κ2) is 5.76. The van der Waals surface area contributed by atoms with Crippen molar-refractivity contribution >= 4 is 11.3 Å². The van der Waals surface area contributed by atoms with Crippen molar-refractivity contribution < 1.29 is 9.47 Å². The lowest BCUT2D eigenvalue weighted by Gasteiger charge is -2.16. The molecule has 6 nitrogen and oxygen atoms in total.